The molecule has 3 N–H and O–H groups in total. The van der Waals surface area contributed by atoms with E-state index in [0.29, 0.717) is 23.5 Å². The van der Waals surface area contributed by atoms with Crippen molar-refractivity contribution in [3.05, 3.63) is 40.3 Å². The molecule has 0 aromatic carbocycles. The Balaban J connectivity index is 0.000000364. The molecule has 3 saturated heterocycles. The molecular formula is C20H19F5N6O3S. The number of hydrogen-bond acceptors (Lipinski definition) is 7. The lowest BCUT2D eigenvalue weighted by atomic mass is 9.93. The van der Waals surface area contributed by atoms with Gasteiger partial charge in [0.15, 0.2) is 0 Å². The zero-order valence-corrected chi connectivity index (χ0v) is 18.6. The molecule has 3 aromatic rings. The number of rotatable bonds is 4. The molecule has 3 fully saturated rings. The van der Waals surface area contributed by atoms with Crippen molar-refractivity contribution >= 4 is 40.4 Å². The summed E-state index contributed by atoms with van der Waals surface area (Å²) in [6.45, 7) is 1.74. The molecule has 15 heteroatoms. The SMILES string of the molecule is O=C(Nc1cscc1C(F)F)c1ccc2cnc(N3CC4CCC3CN4)nn12.O=C(O)C(F)(F)F. The molecule has 3 aliphatic rings. The average molecular weight is 518 g/mol. The van der Waals surface area contributed by atoms with Crippen LogP contribution in [0.1, 0.15) is 35.3 Å². The molecule has 3 aliphatic heterocycles. The molecule has 9 nitrogen and oxygen atoms in total. The van der Waals surface area contributed by atoms with Crippen LogP contribution in [-0.4, -0.2) is 62.9 Å². The lowest BCUT2D eigenvalue weighted by molar-refractivity contribution is -0.192. The van der Waals surface area contributed by atoms with E-state index in [4.69, 9.17) is 9.90 Å². The van der Waals surface area contributed by atoms with Crippen LogP contribution in [0.2, 0.25) is 0 Å². The number of anilines is 2. The van der Waals surface area contributed by atoms with Crippen LogP contribution < -0.4 is 15.5 Å². The van der Waals surface area contributed by atoms with Gasteiger partial charge in [-0.25, -0.2) is 23.1 Å². The number of carboxylic acids is 1. The van der Waals surface area contributed by atoms with Crippen molar-refractivity contribution in [1.29, 1.82) is 0 Å². The summed E-state index contributed by atoms with van der Waals surface area (Å²) < 4.78 is 59.4. The van der Waals surface area contributed by atoms with Crippen LogP contribution in [0.15, 0.2) is 29.1 Å². The molecule has 3 aromatic heterocycles. The van der Waals surface area contributed by atoms with Gasteiger partial charge in [0.05, 0.1) is 23.0 Å². The number of aromatic nitrogens is 3. The number of thiophene rings is 1. The maximum absolute atomic E-state index is 13.1. The summed E-state index contributed by atoms with van der Waals surface area (Å²) in [6, 6.07) is 4.14. The first-order chi connectivity index (χ1) is 16.5. The van der Waals surface area contributed by atoms with Gasteiger partial charge >= 0.3 is 12.1 Å². The summed E-state index contributed by atoms with van der Waals surface area (Å²) in [5.41, 5.74) is 0.916. The van der Waals surface area contributed by atoms with E-state index >= 15 is 0 Å². The molecule has 1 amide bonds. The van der Waals surface area contributed by atoms with Crippen LogP contribution >= 0.6 is 11.3 Å². The third-order valence-corrected chi connectivity index (χ3v) is 6.40. The highest BCUT2D eigenvalue weighted by molar-refractivity contribution is 7.08. The van der Waals surface area contributed by atoms with Crippen molar-refractivity contribution in [2.75, 3.05) is 23.3 Å². The Bertz CT molecular complexity index is 1220. The van der Waals surface area contributed by atoms with Crippen LogP contribution in [0.25, 0.3) is 5.52 Å². The van der Waals surface area contributed by atoms with E-state index in [1.54, 1.807) is 18.3 Å². The standard InChI is InChI=1S/C18H18F2N6OS.C2HF3O2/c19-16(20)13-8-28-9-14(13)23-17(27)15-4-3-12-6-22-18(24-26(12)15)25-7-10-1-2-11(25)5-21-10;3-2(4,5)1(6)7/h3-4,6,8-11,16,21H,1-2,5,7H2,(H,23,27);(H,6,7). The van der Waals surface area contributed by atoms with Crippen molar-refractivity contribution in [2.24, 2.45) is 0 Å². The van der Waals surface area contributed by atoms with Crippen molar-refractivity contribution in [2.45, 2.75) is 37.5 Å². The molecular weight excluding hydrogens is 499 g/mol. The van der Waals surface area contributed by atoms with Gasteiger partial charge in [0.1, 0.15) is 5.69 Å². The maximum Gasteiger partial charge on any atom is 0.490 e. The van der Waals surface area contributed by atoms with Gasteiger partial charge in [-0.05, 0) is 25.0 Å². The van der Waals surface area contributed by atoms with E-state index < -0.39 is 24.5 Å². The van der Waals surface area contributed by atoms with Crippen molar-refractivity contribution in [1.82, 2.24) is 19.9 Å². The minimum absolute atomic E-state index is 0.133. The van der Waals surface area contributed by atoms with Gasteiger partial charge in [-0.2, -0.15) is 13.2 Å². The average Bonchev–Trinajstić information content (AvgIpc) is 3.46. The van der Waals surface area contributed by atoms with Crippen LogP contribution in [-0.2, 0) is 4.79 Å². The zero-order chi connectivity index (χ0) is 25.3. The molecule has 0 aliphatic carbocycles. The Labute approximate surface area is 198 Å². The summed E-state index contributed by atoms with van der Waals surface area (Å²) in [5.74, 6) is -2.66. The Morgan fingerprint density at radius 2 is 1.97 bits per heavy atom. The van der Waals surface area contributed by atoms with E-state index in [1.807, 2.05) is 0 Å². The fourth-order valence-corrected chi connectivity index (χ4v) is 4.69. The number of nitrogens with zero attached hydrogens (tertiary/aromatic N) is 4. The zero-order valence-electron chi connectivity index (χ0n) is 17.8. The smallest absolute Gasteiger partial charge is 0.475 e. The predicted octanol–water partition coefficient (Wildman–Crippen LogP) is 3.55. The van der Waals surface area contributed by atoms with Gasteiger partial charge < -0.3 is 20.6 Å². The number of aliphatic carboxylic acids is 1. The van der Waals surface area contributed by atoms with Crippen LogP contribution in [0.5, 0.6) is 0 Å². The summed E-state index contributed by atoms with van der Waals surface area (Å²) >= 11 is 1.13. The molecule has 2 bridgehead atoms. The largest absolute Gasteiger partial charge is 0.490 e. The lowest BCUT2D eigenvalue weighted by Crippen LogP contribution is -2.61. The van der Waals surface area contributed by atoms with Gasteiger partial charge in [-0.3, -0.25) is 4.79 Å². The van der Waals surface area contributed by atoms with E-state index in [9.17, 15) is 26.7 Å². The van der Waals surface area contributed by atoms with Crippen molar-refractivity contribution < 1.29 is 36.6 Å². The number of carboxylic acid groups (broad SMARTS) is 1. The van der Waals surface area contributed by atoms with Crippen LogP contribution in [0.3, 0.4) is 0 Å². The fourth-order valence-electron chi connectivity index (χ4n) is 3.91. The summed E-state index contributed by atoms with van der Waals surface area (Å²) in [7, 11) is 0. The molecule has 2 atom stereocenters. The molecule has 35 heavy (non-hydrogen) atoms. The Morgan fingerprint density at radius 1 is 1.23 bits per heavy atom. The minimum Gasteiger partial charge on any atom is -0.475 e. The van der Waals surface area contributed by atoms with E-state index in [-0.39, 0.29) is 16.9 Å². The number of amides is 1. The molecule has 0 spiro atoms. The first-order valence-corrected chi connectivity index (χ1v) is 11.3. The number of halogens is 5. The number of carbonyl (C=O) groups excluding carboxylic acids is 1. The highest BCUT2D eigenvalue weighted by Gasteiger charge is 2.38. The third kappa shape index (κ3) is 5.35. The number of nitrogens with one attached hydrogen (secondary N) is 2. The van der Waals surface area contributed by atoms with Gasteiger partial charge in [0.2, 0.25) is 5.95 Å². The van der Waals surface area contributed by atoms with Crippen molar-refractivity contribution in [3.8, 4) is 0 Å². The minimum atomic E-state index is -5.08. The van der Waals surface area contributed by atoms with Gasteiger partial charge in [0.25, 0.3) is 12.3 Å². The number of fused-ring (bicyclic) bond motifs is 4. The number of alkyl halides is 5. The van der Waals surface area contributed by atoms with E-state index in [1.165, 1.54) is 15.3 Å². The summed E-state index contributed by atoms with van der Waals surface area (Å²) in [6.07, 6.45) is -3.80. The van der Waals surface area contributed by atoms with Crippen molar-refractivity contribution in [3.63, 3.8) is 0 Å². The Morgan fingerprint density at radius 3 is 2.54 bits per heavy atom. The van der Waals surface area contributed by atoms with Crippen LogP contribution in [0.4, 0.5) is 33.6 Å². The Hall–Kier alpha value is -3.33. The highest BCUT2D eigenvalue weighted by Crippen LogP contribution is 2.31. The fraction of sp³-hybridized carbons (Fsp3) is 0.400. The number of piperidine rings is 2. The predicted molar refractivity (Wildman–Crippen MR) is 116 cm³/mol. The highest BCUT2D eigenvalue weighted by atomic mass is 32.1. The lowest BCUT2D eigenvalue weighted by Gasteiger charge is -2.45. The number of hydrogen-bond donors (Lipinski definition) is 3. The van der Waals surface area contributed by atoms with Crippen LogP contribution in [0, 0.1) is 0 Å². The molecule has 0 radical (unpaired) electrons. The molecule has 2 unspecified atom stereocenters. The van der Waals surface area contributed by atoms with Gasteiger partial charge in [0, 0.05) is 35.9 Å². The second-order valence-corrected chi connectivity index (χ2v) is 8.64. The van der Waals surface area contributed by atoms with E-state index in [0.717, 1.165) is 37.3 Å². The first kappa shape index (κ1) is 24.8. The normalized spacial score (nSPS) is 19.5. The number of carbonyl (C=O) groups is 2. The first-order valence-electron chi connectivity index (χ1n) is 10.3. The summed E-state index contributed by atoms with van der Waals surface area (Å²) in [5, 5.41) is 20.6. The molecule has 188 valence electrons. The summed E-state index contributed by atoms with van der Waals surface area (Å²) in [4.78, 5) is 28.3. The molecule has 6 heterocycles. The monoisotopic (exact) mass is 518 g/mol. The molecule has 6 rings (SSSR count). The molecule has 0 saturated carbocycles. The second-order valence-electron chi connectivity index (χ2n) is 7.90. The maximum atomic E-state index is 13.1. The Kier molecular flexibility index (Phi) is 6.89. The van der Waals surface area contributed by atoms with E-state index in [2.05, 4.69) is 25.6 Å². The third-order valence-electron chi connectivity index (χ3n) is 5.64. The second kappa shape index (κ2) is 9.73. The van der Waals surface area contributed by atoms with Gasteiger partial charge in [-0.15, -0.1) is 16.4 Å². The topological polar surface area (TPSA) is 112 Å². The number of piperazine rings is 1. The van der Waals surface area contributed by atoms with Gasteiger partial charge in [-0.1, -0.05) is 0 Å². The quantitative estimate of drug-likeness (QED) is 0.453.